The molecule has 0 aromatic carbocycles. The molecule has 0 fully saturated rings. The Morgan fingerprint density at radius 1 is 1.36 bits per heavy atom. The van der Waals surface area contributed by atoms with Crippen molar-refractivity contribution in [2.24, 2.45) is 12.0 Å². The van der Waals surface area contributed by atoms with E-state index in [1.807, 2.05) is 38.5 Å². The van der Waals surface area contributed by atoms with Gasteiger partial charge in [-0.3, -0.25) is 0 Å². The zero-order valence-electron chi connectivity index (χ0n) is 15.4. The first-order valence-corrected chi connectivity index (χ1v) is 8.74. The van der Waals surface area contributed by atoms with Crippen LogP contribution < -0.4 is 10.6 Å². The Hall–Kier alpha value is -1.20. The Balaban J connectivity index is 0.00000312. The van der Waals surface area contributed by atoms with E-state index in [9.17, 15) is 0 Å². The van der Waals surface area contributed by atoms with Crippen LogP contribution in [0.25, 0.3) is 0 Å². The van der Waals surface area contributed by atoms with Crippen LogP contribution in [-0.4, -0.2) is 40.0 Å². The highest BCUT2D eigenvalue weighted by atomic mass is 127. The van der Waals surface area contributed by atoms with Crippen molar-refractivity contribution in [1.29, 1.82) is 0 Å². The Morgan fingerprint density at radius 3 is 2.68 bits per heavy atom. The van der Waals surface area contributed by atoms with Gasteiger partial charge in [0.2, 0.25) is 0 Å². The fraction of sp³-hybridized carbons (Fsp3) is 0.562. The lowest BCUT2D eigenvalue weighted by atomic mass is 10.1. The largest absolute Gasteiger partial charge is 0.377 e. The first-order chi connectivity index (χ1) is 11.4. The van der Waals surface area contributed by atoms with Gasteiger partial charge < -0.3 is 19.9 Å². The molecular weight excluding hydrogens is 451 g/mol. The van der Waals surface area contributed by atoms with Gasteiger partial charge in [-0.25, -0.2) is 4.99 Å². The second-order valence-corrected chi connectivity index (χ2v) is 7.17. The highest BCUT2D eigenvalue weighted by Gasteiger charge is 2.16. The summed E-state index contributed by atoms with van der Waals surface area (Å²) in [5.41, 5.74) is -0.271. The summed E-state index contributed by atoms with van der Waals surface area (Å²) in [4.78, 5) is 5.88. The Morgan fingerprint density at radius 2 is 2.12 bits per heavy atom. The van der Waals surface area contributed by atoms with Gasteiger partial charge in [-0.2, -0.15) is 0 Å². The minimum atomic E-state index is -0.271. The summed E-state index contributed by atoms with van der Waals surface area (Å²) in [6, 6.07) is 4.14. The summed E-state index contributed by atoms with van der Waals surface area (Å²) in [5, 5.41) is 17.0. The van der Waals surface area contributed by atoms with Gasteiger partial charge in [0.05, 0.1) is 12.1 Å². The van der Waals surface area contributed by atoms with Crippen LogP contribution in [0.4, 0.5) is 0 Å². The van der Waals surface area contributed by atoms with Crippen molar-refractivity contribution in [3.63, 3.8) is 0 Å². The number of rotatable bonds is 7. The van der Waals surface area contributed by atoms with Crippen LogP contribution in [0.1, 0.15) is 30.4 Å². The Kier molecular flexibility index (Phi) is 8.80. The van der Waals surface area contributed by atoms with Crippen molar-refractivity contribution < 1.29 is 4.74 Å². The lowest BCUT2D eigenvalue weighted by molar-refractivity contribution is 0.0268. The topological polar surface area (TPSA) is 76.4 Å². The van der Waals surface area contributed by atoms with Gasteiger partial charge in [-0.15, -0.1) is 45.5 Å². The molecule has 0 spiro atoms. The number of guanidine groups is 1. The average Bonchev–Trinajstić information content (AvgIpc) is 3.19. The van der Waals surface area contributed by atoms with Crippen molar-refractivity contribution in [3.8, 4) is 0 Å². The zero-order valence-corrected chi connectivity index (χ0v) is 18.5. The maximum atomic E-state index is 5.45. The fourth-order valence-corrected chi connectivity index (χ4v) is 2.51. The van der Waals surface area contributed by atoms with E-state index < -0.39 is 0 Å². The van der Waals surface area contributed by atoms with E-state index in [1.54, 1.807) is 18.4 Å². The van der Waals surface area contributed by atoms with E-state index in [0.717, 1.165) is 24.2 Å². The van der Waals surface area contributed by atoms with Crippen LogP contribution in [0.2, 0.25) is 0 Å². The minimum absolute atomic E-state index is 0. The van der Waals surface area contributed by atoms with Crippen molar-refractivity contribution in [3.05, 3.63) is 34.0 Å². The van der Waals surface area contributed by atoms with Gasteiger partial charge >= 0.3 is 0 Å². The van der Waals surface area contributed by atoms with Gasteiger partial charge in [-0.1, -0.05) is 6.07 Å². The lowest BCUT2D eigenvalue weighted by Crippen LogP contribution is -2.45. The number of hydrogen-bond acceptors (Lipinski definition) is 5. The summed E-state index contributed by atoms with van der Waals surface area (Å²) in [7, 11) is 3.65. The molecule has 0 aliphatic carbocycles. The predicted octanol–water partition coefficient (Wildman–Crippen LogP) is 2.46. The lowest BCUT2D eigenvalue weighted by Gasteiger charge is -2.24. The molecule has 0 aliphatic rings. The molecule has 2 heterocycles. The van der Waals surface area contributed by atoms with E-state index in [0.29, 0.717) is 13.1 Å². The van der Waals surface area contributed by atoms with Crippen LogP contribution in [0, 0.1) is 6.92 Å². The SMILES string of the molecule is COC(C)(C)CNC(=NCc1nnc(C)n1C)NCc1cccs1.I. The number of aromatic nitrogens is 3. The van der Waals surface area contributed by atoms with E-state index >= 15 is 0 Å². The molecular formula is C16H27IN6OS. The van der Waals surface area contributed by atoms with Gasteiger partial charge in [-0.05, 0) is 32.2 Å². The zero-order chi connectivity index (χ0) is 17.6. The number of hydrogen-bond donors (Lipinski definition) is 2. The standard InChI is InChI=1S/C16H26N6OS.HI/c1-12-20-21-14(22(12)4)10-18-15(19-11-16(2,3)23-5)17-9-13-7-6-8-24-13;/h6-8H,9-11H2,1-5H3,(H2,17,18,19);1H. The van der Waals surface area contributed by atoms with Crippen molar-refractivity contribution in [2.75, 3.05) is 13.7 Å². The number of methoxy groups -OCH3 is 1. The summed E-state index contributed by atoms with van der Waals surface area (Å²) in [6.45, 7) is 7.83. The van der Waals surface area contributed by atoms with E-state index in [-0.39, 0.29) is 29.6 Å². The van der Waals surface area contributed by atoms with Crippen molar-refractivity contribution >= 4 is 41.3 Å². The number of aryl methyl sites for hydroxylation is 1. The molecule has 2 aromatic rings. The summed E-state index contributed by atoms with van der Waals surface area (Å²) >= 11 is 1.72. The number of nitrogens with zero attached hydrogens (tertiary/aromatic N) is 4. The number of halogens is 1. The molecule has 0 bridgehead atoms. The average molecular weight is 478 g/mol. The first kappa shape index (κ1) is 21.8. The second-order valence-electron chi connectivity index (χ2n) is 6.14. The summed E-state index contributed by atoms with van der Waals surface area (Å²) < 4.78 is 7.40. The molecule has 25 heavy (non-hydrogen) atoms. The predicted molar refractivity (Wildman–Crippen MR) is 113 cm³/mol. The quantitative estimate of drug-likeness (QED) is 0.363. The molecule has 0 saturated heterocycles. The molecule has 2 N–H and O–H groups in total. The molecule has 0 amide bonds. The van der Waals surface area contributed by atoms with Gasteiger partial charge in [0, 0.05) is 25.6 Å². The number of thiophene rings is 1. The molecule has 0 radical (unpaired) electrons. The van der Waals surface area contributed by atoms with Crippen LogP contribution in [0.5, 0.6) is 0 Å². The van der Waals surface area contributed by atoms with Crippen LogP contribution in [0.3, 0.4) is 0 Å². The highest BCUT2D eigenvalue weighted by molar-refractivity contribution is 14.0. The maximum Gasteiger partial charge on any atom is 0.192 e. The molecule has 2 rings (SSSR count). The van der Waals surface area contributed by atoms with Gasteiger partial charge in [0.25, 0.3) is 0 Å². The first-order valence-electron chi connectivity index (χ1n) is 7.86. The second kappa shape index (κ2) is 10.1. The third-order valence-corrected chi connectivity index (χ3v) is 4.68. The third-order valence-electron chi connectivity index (χ3n) is 3.81. The Labute approximate surface area is 170 Å². The van der Waals surface area contributed by atoms with Crippen molar-refractivity contribution in [1.82, 2.24) is 25.4 Å². The normalized spacial score (nSPS) is 12.0. The van der Waals surface area contributed by atoms with Crippen LogP contribution in [-0.2, 0) is 24.9 Å². The maximum absolute atomic E-state index is 5.45. The molecule has 0 saturated carbocycles. The van der Waals surface area contributed by atoms with E-state index in [4.69, 9.17) is 4.74 Å². The summed E-state index contributed by atoms with van der Waals surface area (Å²) in [6.07, 6.45) is 0. The number of nitrogens with one attached hydrogen (secondary N) is 2. The number of aliphatic imine (C=N–C) groups is 1. The monoisotopic (exact) mass is 478 g/mol. The van der Waals surface area contributed by atoms with Crippen LogP contribution >= 0.6 is 35.3 Å². The van der Waals surface area contributed by atoms with E-state index in [2.05, 4.69) is 37.3 Å². The minimum Gasteiger partial charge on any atom is -0.377 e. The van der Waals surface area contributed by atoms with E-state index in [1.165, 1.54) is 4.88 Å². The molecule has 7 nitrogen and oxygen atoms in total. The molecule has 0 atom stereocenters. The smallest absolute Gasteiger partial charge is 0.192 e. The molecule has 0 unspecified atom stereocenters. The molecule has 0 aliphatic heterocycles. The molecule has 140 valence electrons. The molecule has 2 aromatic heterocycles. The highest BCUT2D eigenvalue weighted by Crippen LogP contribution is 2.08. The van der Waals surface area contributed by atoms with Gasteiger partial charge in [0.1, 0.15) is 12.4 Å². The van der Waals surface area contributed by atoms with Crippen molar-refractivity contribution in [2.45, 2.75) is 39.5 Å². The summed E-state index contributed by atoms with van der Waals surface area (Å²) in [5.74, 6) is 2.44. The fourth-order valence-electron chi connectivity index (χ4n) is 1.87. The Bertz CT molecular complexity index is 668. The molecule has 9 heteroatoms. The van der Waals surface area contributed by atoms with Crippen LogP contribution in [0.15, 0.2) is 22.5 Å². The number of ether oxygens (including phenoxy) is 1. The third kappa shape index (κ3) is 6.90. The van der Waals surface area contributed by atoms with Gasteiger partial charge in [0.15, 0.2) is 11.8 Å².